The summed E-state index contributed by atoms with van der Waals surface area (Å²) >= 11 is 0. The van der Waals surface area contributed by atoms with Gasteiger partial charge in [0, 0.05) is 0 Å². The van der Waals surface area contributed by atoms with E-state index in [-0.39, 0.29) is 30.5 Å². The largest absolute Gasteiger partial charge is 0.360 e. The van der Waals surface area contributed by atoms with Gasteiger partial charge in [0.25, 0.3) is 0 Å². The highest BCUT2D eigenvalue weighted by atomic mass is 16.8. The molecule has 0 bridgehead atoms. The molecule has 164 valence electrons. The molecule has 5 atom stereocenters. The minimum Gasteiger partial charge on any atom is -0.360 e. The normalized spacial score (nSPS) is 35.2. The Balaban J connectivity index is 1.36. The van der Waals surface area contributed by atoms with Gasteiger partial charge in [-0.05, 0) is 49.9 Å². The van der Waals surface area contributed by atoms with E-state index in [0.717, 1.165) is 11.1 Å². The maximum atomic E-state index is 6.86. The lowest BCUT2D eigenvalue weighted by molar-refractivity contribution is -0.238. The standard InChI is InChI=1S/C25H28O6/c1-24(2)26-13-18(29-24)20-21(22-23(28-20)31-25(3,4)30-22)27-19-16-11-7-5-9-14(16)15-10-6-8-12-17(15)19/h5-12,18-23H,13H2,1-4H3/t18-,20-,21+,22-,23-/m1/s1. The van der Waals surface area contributed by atoms with E-state index in [9.17, 15) is 0 Å². The average molecular weight is 424 g/mol. The molecule has 6 nitrogen and oxygen atoms in total. The molecule has 0 saturated carbocycles. The van der Waals surface area contributed by atoms with Crippen LogP contribution in [0.4, 0.5) is 0 Å². The Labute approximate surface area is 182 Å². The molecule has 3 aliphatic heterocycles. The van der Waals surface area contributed by atoms with Crippen molar-refractivity contribution in [2.45, 2.75) is 76.1 Å². The summed E-state index contributed by atoms with van der Waals surface area (Å²) in [5, 5.41) is 0. The molecule has 2 aromatic rings. The van der Waals surface area contributed by atoms with Crippen molar-refractivity contribution in [1.29, 1.82) is 0 Å². The van der Waals surface area contributed by atoms with Gasteiger partial charge in [0.1, 0.15) is 30.5 Å². The van der Waals surface area contributed by atoms with Crippen molar-refractivity contribution in [2.75, 3.05) is 6.61 Å². The van der Waals surface area contributed by atoms with Crippen LogP contribution in [0.1, 0.15) is 44.9 Å². The summed E-state index contributed by atoms with van der Waals surface area (Å²) in [5.74, 6) is -1.37. The van der Waals surface area contributed by atoms with Crippen LogP contribution in [0.15, 0.2) is 48.5 Å². The summed E-state index contributed by atoms with van der Waals surface area (Å²) in [4.78, 5) is 0. The van der Waals surface area contributed by atoms with Gasteiger partial charge in [-0.15, -0.1) is 0 Å². The summed E-state index contributed by atoms with van der Waals surface area (Å²) in [6, 6.07) is 16.8. The van der Waals surface area contributed by atoms with Crippen LogP contribution in [0.25, 0.3) is 11.1 Å². The highest BCUT2D eigenvalue weighted by Crippen LogP contribution is 2.49. The van der Waals surface area contributed by atoms with Crippen molar-refractivity contribution in [1.82, 2.24) is 0 Å². The SMILES string of the molecule is CC1(C)O[C@H]2O[C@H]([C@H]3COC(C)(C)O3)[C@H](OC3c4ccccc4-c4ccccc43)[C@H]2O1. The maximum absolute atomic E-state index is 6.86. The lowest BCUT2D eigenvalue weighted by atomic mass is 10.0. The third-order valence-corrected chi connectivity index (χ3v) is 6.49. The fraction of sp³-hybridized carbons (Fsp3) is 0.520. The highest BCUT2D eigenvalue weighted by Gasteiger charge is 2.59. The molecular formula is C25H28O6. The average Bonchev–Trinajstić information content (AvgIpc) is 3.42. The van der Waals surface area contributed by atoms with Crippen LogP contribution < -0.4 is 0 Å². The maximum Gasteiger partial charge on any atom is 0.190 e. The minimum absolute atomic E-state index is 0.204. The minimum atomic E-state index is -0.723. The molecule has 0 amide bonds. The first-order chi connectivity index (χ1) is 14.8. The van der Waals surface area contributed by atoms with E-state index in [1.807, 2.05) is 27.7 Å². The van der Waals surface area contributed by atoms with Crippen LogP contribution in [0.2, 0.25) is 0 Å². The third kappa shape index (κ3) is 3.25. The molecule has 31 heavy (non-hydrogen) atoms. The van der Waals surface area contributed by atoms with E-state index in [0.29, 0.717) is 6.61 Å². The first-order valence-electron chi connectivity index (χ1n) is 11.0. The van der Waals surface area contributed by atoms with Gasteiger partial charge in [-0.3, -0.25) is 0 Å². The molecule has 2 aromatic carbocycles. The van der Waals surface area contributed by atoms with E-state index < -0.39 is 17.9 Å². The summed E-state index contributed by atoms with van der Waals surface area (Å²) in [6.07, 6.45) is -2.01. The van der Waals surface area contributed by atoms with Crippen LogP contribution in [-0.2, 0) is 28.4 Å². The molecule has 0 N–H and O–H groups in total. The molecule has 0 spiro atoms. The van der Waals surface area contributed by atoms with Crippen molar-refractivity contribution in [3.05, 3.63) is 59.7 Å². The smallest absolute Gasteiger partial charge is 0.190 e. The van der Waals surface area contributed by atoms with Gasteiger partial charge in [-0.2, -0.15) is 0 Å². The first-order valence-corrected chi connectivity index (χ1v) is 11.0. The second kappa shape index (κ2) is 6.85. The first kappa shape index (κ1) is 19.9. The lowest BCUT2D eigenvalue weighted by Gasteiger charge is -2.31. The molecule has 1 aliphatic carbocycles. The summed E-state index contributed by atoms with van der Waals surface area (Å²) in [6.45, 7) is 8.08. The van der Waals surface area contributed by atoms with Crippen LogP contribution in [-0.4, -0.2) is 48.9 Å². The molecule has 0 unspecified atom stereocenters. The monoisotopic (exact) mass is 424 g/mol. The van der Waals surface area contributed by atoms with Gasteiger partial charge in [0.15, 0.2) is 17.9 Å². The molecule has 4 aliphatic rings. The Morgan fingerprint density at radius 1 is 0.774 bits per heavy atom. The quantitative estimate of drug-likeness (QED) is 0.737. The van der Waals surface area contributed by atoms with E-state index in [4.69, 9.17) is 28.4 Å². The zero-order chi connectivity index (χ0) is 21.4. The lowest BCUT2D eigenvalue weighted by Crippen LogP contribution is -2.44. The van der Waals surface area contributed by atoms with Gasteiger partial charge >= 0.3 is 0 Å². The van der Waals surface area contributed by atoms with Crippen LogP contribution in [0, 0.1) is 0 Å². The van der Waals surface area contributed by atoms with Gasteiger partial charge in [0.2, 0.25) is 0 Å². The molecule has 0 aromatic heterocycles. The Morgan fingerprint density at radius 3 is 2.03 bits per heavy atom. The zero-order valence-corrected chi connectivity index (χ0v) is 18.2. The zero-order valence-electron chi connectivity index (χ0n) is 18.2. The predicted octanol–water partition coefficient (Wildman–Crippen LogP) is 4.17. The van der Waals surface area contributed by atoms with Crippen molar-refractivity contribution in [3.8, 4) is 11.1 Å². The Bertz CT molecular complexity index is 956. The number of rotatable bonds is 3. The summed E-state index contributed by atoms with van der Waals surface area (Å²) in [5.41, 5.74) is 4.74. The highest BCUT2D eigenvalue weighted by molar-refractivity contribution is 5.78. The number of ether oxygens (including phenoxy) is 6. The molecule has 3 fully saturated rings. The molecule has 6 rings (SSSR count). The molecule has 3 saturated heterocycles. The Hall–Kier alpha value is -1.80. The second-order valence-electron chi connectivity index (χ2n) is 9.59. The Morgan fingerprint density at radius 2 is 1.42 bits per heavy atom. The second-order valence-corrected chi connectivity index (χ2v) is 9.59. The Kier molecular flexibility index (Phi) is 4.39. The van der Waals surface area contributed by atoms with Crippen LogP contribution >= 0.6 is 0 Å². The molecule has 6 heteroatoms. The fourth-order valence-corrected chi connectivity index (χ4v) is 5.25. The predicted molar refractivity (Wildman–Crippen MR) is 112 cm³/mol. The molecular weight excluding hydrogens is 396 g/mol. The summed E-state index contributed by atoms with van der Waals surface area (Å²) in [7, 11) is 0. The number of hydrogen-bond donors (Lipinski definition) is 0. The van der Waals surface area contributed by atoms with Crippen molar-refractivity contribution in [2.24, 2.45) is 0 Å². The van der Waals surface area contributed by atoms with E-state index in [2.05, 4.69) is 48.5 Å². The van der Waals surface area contributed by atoms with Crippen molar-refractivity contribution >= 4 is 0 Å². The fourth-order valence-electron chi connectivity index (χ4n) is 5.25. The van der Waals surface area contributed by atoms with Crippen molar-refractivity contribution in [3.63, 3.8) is 0 Å². The van der Waals surface area contributed by atoms with Crippen LogP contribution in [0.3, 0.4) is 0 Å². The van der Waals surface area contributed by atoms with E-state index in [1.165, 1.54) is 11.1 Å². The number of benzene rings is 2. The summed E-state index contributed by atoms with van der Waals surface area (Å²) < 4.78 is 37.4. The third-order valence-electron chi connectivity index (χ3n) is 6.49. The molecule has 0 radical (unpaired) electrons. The number of hydrogen-bond acceptors (Lipinski definition) is 6. The molecule has 3 heterocycles. The van der Waals surface area contributed by atoms with Crippen molar-refractivity contribution < 1.29 is 28.4 Å². The number of fused-ring (bicyclic) bond motifs is 4. The van der Waals surface area contributed by atoms with Gasteiger partial charge in [0.05, 0.1) is 6.61 Å². The topological polar surface area (TPSA) is 55.4 Å². The van der Waals surface area contributed by atoms with Crippen LogP contribution in [0.5, 0.6) is 0 Å². The van der Waals surface area contributed by atoms with E-state index in [1.54, 1.807) is 0 Å². The van der Waals surface area contributed by atoms with E-state index >= 15 is 0 Å². The van der Waals surface area contributed by atoms with Gasteiger partial charge in [-0.1, -0.05) is 48.5 Å². The van der Waals surface area contributed by atoms with Gasteiger partial charge in [-0.25, -0.2) is 0 Å². The van der Waals surface area contributed by atoms with Gasteiger partial charge < -0.3 is 28.4 Å².